The van der Waals surface area contributed by atoms with Gasteiger partial charge in [0.1, 0.15) is 5.76 Å². The predicted molar refractivity (Wildman–Crippen MR) is 77.1 cm³/mol. The van der Waals surface area contributed by atoms with Crippen molar-refractivity contribution in [1.29, 1.82) is 0 Å². The molecule has 0 bridgehead atoms. The van der Waals surface area contributed by atoms with Gasteiger partial charge in [-0.2, -0.15) is 5.16 Å². The third-order valence-corrected chi connectivity index (χ3v) is 4.41. The fraction of sp³-hybridized carbons (Fsp3) is 0.714. The number of piperazine rings is 2. The second-order valence-corrected chi connectivity index (χ2v) is 5.97. The minimum Gasteiger partial charge on any atom is -0.384 e. The Kier molecular flexibility index (Phi) is 4.12. The number of nitrogens with one attached hydrogen (secondary N) is 1. The first kappa shape index (κ1) is 14.3. The highest BCUT2D eigenvalue weighted by Crippen LogP contribution is 2.16. The Morgan fingerprint density at radius 3 is 2.90 bits per heavy atom. The molecule has 1 aromatic rings. The summed E-state index contributed by atoms with van der Waals surface area (Å²) in [4.78, 5) is 30.0. The number of carbonyl (C=O) groups excluding carboxylic acids is 1. The SMILES string of the molecule is CN1CCN2CCN(C(=O)CCc3cc(=O)[nH]o3)C[C@H]2C1. The summed E-state index contributed by atoms with van der Waals surface area (Å²) in [6, 6.07) is 1.85. The van der Waals surface area contributed by atoms with E-state index in [1.807, 2.05) is 4.90 Å². The van der Waals surface area contributed by atoms with E-state index in [0.29, 0.717) is 24.6 Å². The van der Waals surface area contributed by atoms with Crippen molar-refractivity contribution in [3.63, 3.8) is 0 Å². The van der Waals surface area contributed by atoms with Crippen molar-refractivity contribution in [3.8, 4) is 0 Å². The molecule has 2 aliphatic rings. The zero-order valence-corrected chi connectivity index (χ0v) is 12.4. The Hall–Kier alpha value is -1.60. The predicted octanol–water partition coefficient (Wildman–Crippen LogP) is -0.641. The number of aromatic nitrogens is 1. The molecule has 1 N–H and O–H groups in total. The zero-order valence-electron chi connectivity index (χ0n) is 12.4. The first-order chi connectivity index (χ1) is 10.1. The molecule has 0 radical (unpaired) electrons. The van der Waals surface area contributed by atoms with E-state index in [0.717, 1.165) is 39.3 Å². The van der Waals surface area contributed by atoms with Gasteiger partial charge < -0.3 is 14.3 Å². The quantitative estimate of drug-likeness (QED) is 0.803. The molecule has 1 amide bonds. The summed E-state index contributed by atoms with van der Waals surface area (Å²) >= 11 is 0. The van der Waals surface area contributed by atoms with Crippen LogP contribution in [0.5, 0.6) is 0 Å². The molecule has 2 saturated heterocycles. The van der Waals surface area contributed by atoms with Crippen LogP contribution in [0, 0.1) is 0 Å². The molecule has 0 unspecified atom stereocenters. The normalized spacial score (nSPS) is 24.0. The molecule has 0 spiro atoms. The molecule has 2 fully saturated rings. The molecule has 1 aromatic heterocycles. The topological polar surface area (TPSA) is 72.8 Å². The van der Waals surface area contributed by atoms with Crippen LogP contribution in [0.15, 0.2) is 15.4 Å². The smallest absolute Gasteiger partial charge is 0.280 e. The van der Waals surface area contributed by atoms with Crippen molar-refractivity contribution in [2.45, 2.75) is 18.9 Å². The number of aromatic amines is 1. The standard InChI is InChI=1S/C14H22N4O3/c1-16-4-5-17-6-7-18(10-11(17)9-16)14(20)3-2-12-8-13(19)15-21-12/h8,11H,2-7,9-10H2,1H3,(H,15,19)/t11-/m1/s1. The van der Waals surface area contributed by atoms with Crippen LogP contribution in [0.3, 0.4) is 0 Å². The maximum atomic E-state index is 12.3. The molecule has 0 aliphatic carbocycles. The Morgan fingerprint density at radius 2 is 2.14 bits per heavy atom. The lowest BCUT2D eigenvalue weighted by Crippen LogP contribution is -2.62. The molecule has 0 saturated carbocycles. The maximum Gasteiger partial charge on any atom is 0.280 e. The highest BCUT2D eigenvalue weighted by molar-refractivity contribution is 5.76. The fourth-order valence-electron chi connectivity index (χ4n) is 3.17. The van der Waals surface area contributed by atoms with Crippen molar-refractivity contribution in [2.24, 2.45) is 0 Å². The van der Waals surface area contributed by atoms with Crippen LogP contribution in [0.2, 0.25) is 0 Å². The van der Waals surface area contributed by atoms with Gasteiger partial charge in [0.15, 0.2) is 0 Å². The van der Waals surface area contributed by atoms with Crippen molar-refractivity contribution in [2.75, 3.05) is 46.3 Å². The van der Waals surface area contributed by atoms with Gasteiger partial charge in [0.05, 0.1) is 0 Å². The van der Waals surface area contributed by atoms with E-state index in [9.17, 15) is 9.59 Å². The van der Waals surface area contributed by atoms with Crippen LogP contribution >= 0.6 is 0 Å². The summed E-state index contributed by atoms with van der Waals surface area (Å²) in [5, 5.41) is 2.25. The molecular weight excluding hydrogens is 272 g/mol. The van der Waals surface area contributed by atoms with Gasteiger partial charge in [-0.25, -0.2) is 0 Å². The van der Waals surface area contributed by atoms with E-state index in [1.165, 1.54) is 6.07 Å². The molecule has 2 aliphatic heterocycles. The lowest BCUT2D eigenvalue weighted by atomic mass is 10.1. The van der Waals surface area contributed by atoms with Crippen LogP contribution in [-0.2, 0) is 11.2 Å². The average Bonchev–Trinajstić information content (AvgIpc) is 2.89. The largest absolute Gasteiger partial charge is 0.384 e. The van der Waals surface area contributed by atoms with E-state index in [1.54, 1.807) is 0 Å². The van der Waals surface area contributed by atoms with Gasteiger partial charge in [0, 0.05) is 64.2 Å². The molecule has 3 rings (SSSR count). The number of carbonyl (C=O) groups is 1. The number of amides is 1. The van der Waals surface area contributed by atoms with Gasteiger partial charge in [-0.1, -0.05) is 0 Å². The molecule has 7 heteroatoms. The van der Waals surface area contributed by atoms with Crippen molar-refractivity contribution < 1.29 is 9.32 Å². The number of rotatable bonds is 3. The third-order valence-electron chi connectivity index (χ3n) is 4.41. The highest BCUT2D eigenvalue weighted by atomic mass is 16.5. The van der Waals surface area contributed by atoms with E-state index in [2.05, 4.69) is 22.0 Å². The molecular formula is C14H22N4O3. The molecule has 21 heavy (non-hydrogen) atoms. The molecule has 116 valence electrons. The van der Waals surface area contributed by atoms with Gasteiger partial charge in [-0.15, -0.1) is 0 Å². The Bertz CT molecular complexity index is 552. The van der Waals surface area contributed by atoms with Crippen molar-refractivity contribution in [3.05, 3.63) is 22.2 Å². The summed E-state index contributed by atoms with van der Waals surface area (Å²) in [6.07, 6.45) is 0.867. The first-order valence-electron chi connectivity index (χ1n) is 7.49. The number of aryl methyl sites for hydroxylation is 1. The van der Waals surface area contributed by atoms with Gasteiger partial charge in [0.25, 0.3) is 5.56 Å². The van der Waals surface area contributed by atoms with Crippen LogP contribution in [0.1, 0.15) is 12.2 Å². The van der Waals surface area contributed by atoms with Gasteiger partial charge in [-0.3, -0.25) is 14.5 Å². The number of likely N-dealkylation sites (N-methyl/N-ethyl adjacent to an activating group) is 1. The van der Waals surface area contributed by atoms with E-state index >= 15 is 0 Å². The van der Waals surface area contributed by atoms with Gasteiger partial charge in [0.2, 0.25) is 5.91 Å². The second kappa shape index (κ2) is 6.03. The highest BCUT2D eigenvalue weighted by Gasteiger charge is 2.32. The summed E-state index contributed by atoms with van der Waals surface area (Å²) in [6.45, 7) is 5.80. The van der Waals surface area contributed by atoms with Crippen molar-refractivity contribution >= 4 is 5.91 Å². The lowest BCUT2D eigenvalue weighted by molar-refractivity contribution is -0.135. The second-order valence-electron chi connectivity index (χ2n) is 5.97. The summed E-state index contributed by atoms with van der Waals surface area (Å²) in [5.41, 5.74) is -0.253. The number of hydrogen-bond acceptors (Lipinski definition) is 5. The minimum atomic E-state index is -0.253. The van der Waals surface area contributed by atoms with Crippen LogP contribution in [0.4, 0.5) is 0 Å². The summed E-state index contributed by atoms with van der Waals surface area (Å²) in [5.74, 6) is 0.691. The third kappa shape index (κ3) is 3.36. The molecule has 7 nitrogen and oxygen atoms in total. The maximum absolute atomic E-state index is 12.3. The van der Waals surface area contributed by atoms with Crippen molar-refractivity contribution in [1.82, 2.24) is 19.9 Å². The molecule has 3 heterocycles. The number of nitrogens with zero attached hydrogens (tertiary/aromatic N) is 3. The Morgan fingerprint density at radius 1 is 1.33 bits per heavy atom. The Balaban J connectivity index is 1.52. The number of hydrogen-bond donors (Lipinski definition) is 1. The van der Waals surface area contributed by atoms with Crippen LogP contribution in [-0.4, -0.2) is 78.1 Å². The van der Waals surface area contributed by atoms with Crippen LogP contribution < -0.4 is 5.56 Å². The lowest BCUT2D eigenvalue weighted by Gasteiger charge is -2.46. The average molecular weight is 294 g/mol. The first-order valence-corrected chi connectivity index (χ1v) is 7.49. The van der Waals surface area contributed by atoms with Gasteiger partial charge >= 0.3 is 0 Å². The Labute approximate surface area is 123 Å². The summed E-state index contributed by atoms with van der Waals surface area (Å²) in [7, 11) is 2.13. The van der Waals surface area contributed by atoms with E-state index < -0.39 is 0 Å². The molecule has 1 atom stereocenters. The van der Waals surface area contributed by atoms with E-state index in [-0.39, 0.29) is 11.5 Å². The minimum absolute atomic E-state index is 0.145. The summed E-state index contributed by atoms with van der Waals surface area (Å²) < 4.78 is 4.98. The number of H-pyrrole nitrogens is 1. The zero-order chi connectivity index (χ0) is 14.8. The monoisotopic (exact) mass is 294 g/mol. The van der Waals surface area contributed by atoms with Crippen LogP contribution in [0.25, 0.3) is 0 Å². The fourth-order valence-corrected chi connectivity index (χ4v) is 3.17. The molecule has 0 aromatic carbocycles. The number of fused-ring (bicyclic) bond motifs is 1. The van der Waals surface area contributed by atoms with E-state index in [4.69, 9.17) is 4.52 Å². The van der Waals surface area contributed by atoms with Gasteiger partial charge in [-0.05, 0) is 7.05 Å².